The first-order valence-electron chi connectivity index (χ1n) is 7.00. The highest BCUT2D eigenvalue weighted by molar-refractivity contribution is 7.90. The third-order valence-electron chi connectivity index (χ3n) is 3.51. The molecular weight excluding hydrogens is 348 g/mol. The molecule has 0 bridgehead atoms. The van der Waals surface area contributed by atoms with Crippen LogP contribution in [0.5, 0.6) is 5.88 Å². The van der Waals surface area contributed by atoms with Gasteiger partial charge in [-0.15, -0.1) is 3.97 Å². The van der Waals surface area contributed by atoms with Crippen LogP contribution in [0.3, 0.4) is 0 Å². The van der Waals surface area contributed by atoms with Gasteiger partial charge in [-0.1, -0.05) is 18.2 Å². The maximum atomic E-state index is 12.6. The van der Waals surface area contributed by atoms with E-state index in [4.69, 9.17) is 5.11 Å². The topological polar surface area (TPSA) is 119 Å². The van der Waals surface area contributed by atoms with Crippen molar-refractivity contribution in [3.05, 3.63) is 76.8 Å². The molecule has 0 atom stereocenters. The van der Waals surface area contributed by atoms with Gasteiger partial charge in [0, 0.05) is 0 Å². The van der Waals surface area contributed by atoms with E-state index in [2.05, 4.69) is 0 Å². The van der Waals surface area contributed by atoms with Crippen molar-refractivity contribution < 1.29 is 23.4 Å². The Balaban J connectivity index is 2.14. The molecule has 0 aliphatic rings. The monoisotopic (exact) mass is 360 g/mol. The van der Waals surface area contributed by atoms with E-state index in [0.29, 0.717) is 5.69 Å². The summed E-state index contributed by atoms with van der Waals surface area (Å²) >= 11 is 0. The average molecular weight is 360 g/mol. The van der Waals surface area contributed by atoms with Crippen LogP contribution in [0.4, 0.5) is 0 Å². The highest BCUT2D eigenvalue weighted by Crippen LogP contribution is 2.20. The van der Waals surface area contributed by atoms with Gasteiger partial charge in [0.2, 0.25) is 5.88 Å². The fourth-order valence-corrected chi connectivity index (χ4v) is 3.57. The van der Waals surface area contributed by atoms with Gasteiger partial charge >= 0.3 is 11.7 Å². The maximum absolute atomic E-state index is 12.6. The van der Waals surface area contributed by atoms with Gasteiger partial charge in [0.1, 0.15) is 0 Å². The largest absolute Gasteiger partial charge is 0.493 e. The minimum Gasteiger partial charge on any atom is -0.493 e. The van der Waals surface area contributed by atoms with Gasteiger partial charge in [-0.2, -0.15) is 0 Å². The highest BCUT2D eigenvalue weighted by Gasteiger charge is 2.25. The number of nitrogens with zero attached hydrogens (tertiary/aromatic N) is 2. The fraction of sp³-hybridized carbons (Fsp3) is 0. The summed E-state index contributed by atoms with van der Waals surface area (Å²) in [7, 11) is -4.39. The lowest BCUT2D eigenvalue weighted by Gasteiger charge is -2.06. The van der Waals surface area contributed by atoms with Crippen LogP contribution < -0.4 is 5.69 Å². The first kappa shape index (κ1) is 16.5. The molecular formula is C16H12N2O6S. The van der Waals surface area contributed by atoms with Crippen LogP contribution in [0.2, 0.25) is 0 Å². The zero-order chi connectivity index (χ0) is 18.2. The van der Waals surface area contributed by atoms with E-state index in [-0.39, 0.29) is 14.4 Å². The number of carbonyl (C=O) groups is 1. The number of hydrogen-bond donors (Lipinski definition) is 2. The molecule has 0 aliphatic heterocycles. The summed E-state index contributed by atoms with van der Waals surface area (Å²) in [4.78, 5) is 23.0. The Morgan fingerprint density at radius 3 is 2.12 bits per heavy atom. The van der Waals surface area contributed by atoms with Crippen molar-refractivity contribution in [2.24, 2.45) is 0 Å². The number of carboxylic acid groups (broad SMARTS) is 1. The molecule has 0 radical (unpaired) electrons. The SMILES string of the molecule is O=C(O)c1ccc(S(=O)(=O)n2c(O)cn(-c3ccccc3)c2=O)cc1. The lowest BCUT2D eigenvalue weighted by atomic mass is 10.2. The number of aromatic hydroxyl groups is 1. The molecule has 0 unspecified atom stereocenters. The number of aromatic nitrogens is 2. The number of hydrogen-bond acceptors (Lipinski definition) is 5. The van der Waals surface area contributed by atoms with Crippen LogP contribution in [-0.4, -0.2) is 33.1 Å². The molecule has 2 aromatic carbocycles. The van der Waals surface area contributed by atoms with E-state index < -0.39 is 27.6 Å². The zero-order valence-electron chi connectivity index (χ0n) is 12.6. The second-order valence-corrected chi connectivity index (χ2v) is 6.86. The van der Waals surface area contributed by atoms with Crippen molar-refractivity contribution >= 4 is 16.0 Å². The van der Waals surface area contributed by atoms with Crippen LogP contribution in [0.25, 0.3) is 5.69 Å². The number of rotatable bonds is 4. The predicted molar refractivity (Wildman–Crippen MR) is 87.7 cm³/mol. The van der Waals surface area contributed by atoms with E-state index in [1.54, 1.807) is 30.3 Å². The van der Waals surface area contributed by atoms with Gasteiger partial charge in [-0.05, 0) is 36.4 Å². The smallest absolute Gasteiger partial charge is 0.350 e. The van der Waals surface area contributed by atoms with Gasteiger partial charge in [-0.3, -0.25) is 4.57 Å². The third-order valence-corrected chi connectivity index (χ3v) is 5.20. The molecule has 0 saturated carbocycles. The molecule has 2 N–H and O–H groups in total. The van der Waals surface area contributed by atoms with E-state index in [0.717, 1.165) is 35.0 Å². The molecule has 0 saturated heterocycles. The second kappa shape index (κ2) is 5.95. The molecule has 0 fully saturated rings. The van der Waals surface area contributed by atoms with Gasteiger partial charge in [0.05, 0.1) is 22.3 Å². The van der Waals surface area contributed by atoms with Gasteiger partial charge < -0.3 is 10.2 Å². The summed E-state index contributed by atoms with van der Waals surface area (Å²) < 4.78 is 26.5. The second-order valence-electron chi connectivity index (χ2n) is 5.07. The van der Waals surface area contributed by atoms with Crippen molar-refractivity contribution in [2.75, 3.05) is 0 Å². The van der Waals surface area contributed by atoms with Crippen molar-refractivity contribution in [3.8, 4) is 11.6 Å². The maximum Gasteiger partial charge on any atom is 0.350 e. The molecule has 25 heavy (non-hydrogen) atoms. The molecule has 1 heterocycles. The lowest BCUT2D eigenvalue weighted by molar-refractivity contribution is 0.0696. The zero-order valence-corrected chi connectivity index (χ0v) is 13.4. The van der Waals surface area contributed by atoms with Gasteiger partial charge in [0.15, 0.2) is 0 Å². The van der Waals surface area contributed by atoms with Crippen molar-refractivity contribution in [1.82, 2.24) is 8.54 Å². The van der Waals surface area contributed by atoms with Crippen LogP contribution in [0.15, 0.2) is 70.5 Å². The quantitative estimate of drug-likeness (QED) is 0.723. The Hall–Kier alpha value is -3.33. The Morgan fingerprint density at radius 2 is 1.56 bits per heavy atom. The van der Waals surface area contributed by atoms with Gasteiger partial charge in [0.25, 0.3) is 10.0 Å². The van der Waals surface area contributed by atoms with Crippen molar-refractivity contribution in [3.63, 3.8) is 0 Å². The number of carboxylic acids is 1. The minimum atomic E-state index is -4.39. The Morgan fingerprint density at radius 1 is 0.960 bits per heavy atom. The average Bonchev–Trinajstić information content (AvgIpc) is 2.90. The molecule has 1 aromatic heterocycles. The minimum absolute atomic E-state index is 0.0997. The number of para-hydroxylation sites is 1. The summed E-state index contributed by atoms with van der Waals surface area (Å²) in [5, 5.41) is 18.8. The number of imidazole rings is 1. The highest BCUT2D eigenvalue weighted by atomic mass is 32.2. The molecule has 9 heteroatoms. The van der Waals surface area contributed by atoms with E-state index >= 15 is 0 Å². The van der Waals surface area contributed by atoms with Crippen LogP contribution in [-0.2, 0) is 10.0 Å². The third kappa shape index (κ3) is 2.81. The normalized spacial score (nSPS) is 11.4. The lowest BCUT2D eigenvalue weighted by Crippen LogP contribution is -2.28. The fourth-order valence-electron chi connectivity index (χ4n) is 2.29. The molecule has 0 aliphatic carbocycles. The predicted octanol–water partition coefficient (Wildman–Crippen LogP) is 1.28. The summed E-state index contributed by atoms with van der Waals surface area (Å²) in [5.41, 5.74) is -0.679. The van der Waals surface area contributed by atoms with E-state index in [9.17, 15) is 23.1 Å². The Bertz CT molecular complexity index is 1100. The summed E-state index contributed by atoms with van der Waals surface area (Å²) in [6.07, 6.45) is 1.00. The molecule has 3 rings (SSSR count). The van der Waals surface area contributed by atoms with Crippen LogP contribution in [0.1, 0.15) is 10.4 Å². The van der Waals surface area contributed by atoms with E-state index in [1.165, 1.54) is 0 Å². The Kier molecular flexibility index (Phi) is 3.93. The van der Waals surface area contributed by atoms with Crippen LogP contribution >= 0.6 is 0 Å². The molecule has 0 spiro atoms. The summed E-state index contributed by atoms with van der Waals surface area (Å²) in [6.45, 7) is 0. The van der Waals surface area contributed by atoms with Crippen molar-refractivity contribution in [1.29, 1.82) is 0 Å². The molecule has 3 aromatic rings. The molecule has 0 amide bonds. The number of aromatic carboxylic acids is 1. The summed E-state index contributed by atoms with van der Waals surface area (Å²) in [5.74, 6) is -1.96. The summed E-state index contributed by atoms with van der Waals surface area (Å²) in [6, 6.07) is 12.5. The van der Waals surface area contributed by atoms with E-state index in [1.807, 2.05) is 0 Å². The Labute approximate surface area is 141 Å². The number of benzene rings is 2. The first-order valence-corrected chi connectivity index (χ1v) is 8.44. The molecule has 128 valence electrons. The van der Waals surface area contributed by atoms with Crippen molar-refractivity contribution in [2.45, 2.75) is 4.90 Å². The standard InChI is InChI=1S/C16H12N2O6S/c19-14-10-17(12-4-2-1-3-5-12)16(22)18(14)25(23,24)13-8-6-11(7-9-13)15(20)21/h1-10,19H,(H,20,21). The van der Waals surface area contributed by atoms with Gasteiger partial charge in [-0.25, -0.2) is 18.0 Å². The molecule has 8 nitrogen and oxygen atoms in total. The first-order chi connectivity index (χ1) is 11.8. The van der Waals surface area contributed by atoms with Crippen LogP contribution in [0, 0.1) is 0 Å².